The molecule has 0 bridgehead atoms. The van der Waals surface area contributed by atoms with Crippen LogP contribution in [0, 0.1) is 11.7 Å². The zero-order chi connectivity index (χ0) is 27.9. The molecule has 208 valence electrons. The third-order valence-electron chi connectivity index (χ3n) is 7.75. The molecule has 8 heteroatoms. The third-order valence-corrected chi connectivity index (χ3v) is 7.75. The fourth-order valence-electron chi connectivity index (χ4n) is 5.55. The summed E-state index contributed by atoms with van der Waals surface area (Å²) in [7, 11) is 0. The lowest BCUT2D eigenvalue weighted by Gasteiger charge is -2.36. The molecule has 1 saturated carbocycles. The lowest BCUT2D eigenvalue weighted by atomic mass is 10.1. The standard InChI is InChI=1S/C32H35FN4O3/c33-29-13-7-6-12-28(29)32(40)36-20-18-35(19-21-36)27-16-14-26(15-17-27)34-30(38)23-37(22-24-8-2-1-3-9-24)31(39)25-10-4-5-11-25/h1-3,6-9,12-17,25H,4-5,10-11,18-23H2,(H,34,38). The number of amides is 3. The number of nitrogens with one attached hydrogen (secondary N) is 1. The zero-order valence-electron chi connectivity index (χ0n) is 22.6. The minimum atomic E-state index is -0.501. The van der Waals surface area contributed by atoms with Gasteiger partial charge in [0.1, 0.15) is 12.4 Å². The highest BCUT2D eigenvalue weighted by Gasteiger charge is 2.29. The van der Waals surface area contributed by atoms with E-state index in [0.717, 1.165) is 36.9 Å². The number of hydrogen-bond donors (Lipinski definition) is 1. The summed E-state index contributed by atoms with van der Waals surface area (Å²) in [6, 6.07) is 23.4. The summed E-state index contributed by atoms with van der Waals surface area (Å²) in [4.78, 5) is 44.4. The number of halogens is 1. The van der Waals surface area contributed by atoms with Gasteiger partial charge in [-0.15, -0.1) is 0 Å². The fraction of sp³-hybridized carbons (Fsp3) is 0.344. The van der Waals surface area contributed by atoms with Crippen LogP contribution in [-0.2, 0) is 16.1 Å². The van der Waals surface area contributed by atoms with Gasteiger partial charge in [0.2, 0.25) is 11.8 Å². The molecule has 3 aromatic carbocycles. The Balaban J connectivity index is 1.15. The first kappa shape index (κ1) is 27.4. The monoisotopic (exact) mass is 542 g/mol. The molecular weight excluding hydrogens is 507 g/mol. The summed E-state index contributed by atoms with van der Waals surface area (Å²) in [5, 5.41) is 2.94. The Labute approximate surface area is 234 Å². The van der Waals surface area contributed by atoms with Crippen LogP contribution in [0.25, 0.3) is 0 Å². The quantitative estimate of drug-likeness (QED) is 0.438. The predicted octanol–water partition coefficient (Wildman–Crippen LogP) is 4.95. The van der Waals surface area contributed by atoms with E-state index in [9.17, 15) is 18.8 Å². The van der Waals surface area contributed by atoms with Gasteiger partial charge in [0.05, 0.1) is 5.56 Å². The molecule has 3 aromatic rings. The van der Waals surface area contributed by atoms with Crippen molar-refractivity contribution in [1.82, 2.24) is 9.80 Å². The Morgan fingerprint density at radius 1 is 0.825 bits per heavy atom. The number of rotatable bonds is 8. The molecule has 1 aliphatic heterocycles. The number of benzene rings is 3. The highest BCUT2D eigenvalue weighted by atomic mass is 19.1. The van der Waals surface area contributed by atoms with Crippen molar-refractivity contribution in [3.63, 3.8) is 0 Å². The molecule has 1 N–H and O–H groups in total. The Morgan fingerprint density at radius 2 is 1.48 bits per heavy atom. The molecule has 2 fully saturated rings. The van der Waals surface area contributed by atoms with Crippen LogP contribution in [-0.4, -0.2) is 60.2 Å². The van der Waals surface area contributed by atoms with Crippen LogP contribution in [0.3, 0.4) is 0 Å². The Kier molecular flexibility index (Phi) is 8.74. The second kappa shape index (κ2) is 12.8. The number of hydrogen-bond acceptors (Lipinski definition) is 4. The van der Waals surface area contributed by atoms with Gasteiger partial charge in [-0.1, -0.05) is 55.3 Å². The van der Waals surface area contributed by atoms with Crippen LogP contribution in [0.1, 0.15) is 41.6 Å². The number of carbonyl (C=O) groups excluding carboxylic acids is 3. The van der Waals surface area contributed by atoms with Crippen LogP contribution in [0.2, 0.25) is 0 Å². The van der Waals surface area contributed by atoms with E-state index in [0.29, 0.717) is 38.4 Å². The van der Waals surface area contributed by atoms with Gasteiger partial charge in [-0.3, -0.25) is 14.4 Å². The van der Waals surface area contributed by atoms with Gasteiger partial charge < -0.3 is 20.0 Å². The molecule has 1 heterocycles. The molecule has 0 spiro atoms. The molecule has 0 atom stereocenters. The van der Waals surface area contributed by atoms with Crippen molar-refractivity contribution in [3.05, 3.63) is 95.8 Å². The van der Waals surface area contributed by atoms with Crippen LogP contribution in [0.4, 0.5) is 15.8 Å². The van der Waals surface area contributed by atoms with Gasteiger partial charge in [0.25, 0.3) is 5.91 Å². The molecule has 3 amide bonds. The highest BCUT2D eigenvalue weighted by molar-refractivity contribution is 5.95. The second-order valence-corrected chi connectivity index (χ2v) is 10.5. The van der Waals surface area contributed by atoms with Crippen molar-refractivity contribution in [2.24, 2.45) is 5.92 Å². The smallest absolute Gasteiger partial charge is 0.256 e. The van der Waals surface area contributed by atoms with Gasteiger partial charge in [-0.25, -0.2) is 4.39 Å². The van der Waals surface area contributed by atoms with Gasteiger partial charge in [-0.05, 0) is 54.8 Å². The Bertz CT molecular complexity index is 1320. The first-order valence-corrected chi connectivity index (χ1v) is 14.0. The molecule has 7 nitrogen and oxygen atoms in total. The van der Waals surface area contributed by atoms with Crippen LogP contribution >= 0.6 is 0 Å². The van der Waals surface area contributed by atoms with Crippen molar-refractivity contribution < 1.29 is 18.8 Å². The summed E-state index contributed by atoms with van der Waals surface area (Å²) in [6.07, 6.45) is 3.90. The van der Waals surface area contributed by atoms with Crippen molar-refractivity contribution in [2.75, 3.05) is 42.9 Å². The number of piperazine rings is 1. The summed E-state index contributed by atoms with van der Waals surface area (Å²) in [5.41, 5.74) is 2.75. The minimum Gasteiger partial charge on any atom is -0.368 e. The molecule has 1 aliphatic carbocycles. The van der Waals surface area contributed by atoms with Crippen molar-refractivity contribution in [2.45, 2.75) is 32.2 Å². The van der Waals surface area contributed by atoms with Crippen LogP contribution in [0.5, 0.6) is 0 Å². The molecule has 5 rings (SSSR count). The highest BCUT2D eigenvalue weighted by Crippen LogP contribution is 2.27. The van der Waals surface area contributed by atoms with Gasteiger partial charge in [0, 0.05) is 50.0 Å². The van der Waals surface area contributed by atoms with Gasteiger partial charge in [-0.2, -0.15) is 0 Å². The van der Waals surface area contributed by atoms with Crippen molar-refractivity contribution in [1.29, 1.82) is 0 Å². The van der Waals surface area contributed by atoms with E-state index in [2.05, 4.69) is 10.2 Å². The number of carbonyl (C=O) groups is 3. The van der Waals surface area contributed by atoms with E-state index in [4.69, 9.17) is 0 Å². The Hall–Kier alpha value is -4.20. The first-order chi connectivity index (χ1) is 19.5. The summed E-state index contributed by atoms with van der Waals surface area (Å²) < 4.78 is 14.0. The van der Waals surface area contributed by atoms with E-state index < -0.39 is 5.82 Å². The first-order valence-electron chi connectivity index (χ1n) is 14.0. The molecule has 40 heavy (non-hydrogen) atoms. The van der Waals surface area contributed by atoms with E-state index >= 15 is 0 Å². The SMILES string of the molecule is O=C(CN(Cc1ccccc1)C(=O)C1CCCC1)Nc1ccc(N2CCN(C(=O)c3ccccc3F)CC2)cc1. The number of anilines is 2. The maximum absolute atomic E-state index is 14.0. The van der Waals surface area contributed by atoms with Crippen LogP contribution in [0.15, 0.2) is 78.9 Å². The minimum absolute atomic E-state index is 0.00160. The average Bonchev–Trinajstić information content (AvgIpc) is 3.53. The largest absolute Gasteiger partial charge is 0.368 e. The van der Waals surface area contributed by atoms with Gasteiger partial charge in [0.15, 0.2) is 0 Å². The third kappa shape index (κ3) is 6.68. The normalized spacial score (nSPS) is 15.6. The number of nitrogens with zero attached hydrogens (tertiary/aromatic N) is 3. The predicted molar refractivity (Wildman–Crippen MR) is 153 cm³/mol. The summed E-state index contributed by atoms with van der Waals surface area (Å²) in [5.74, 6) is -0.963. The molecule has 1 saturated heterocycles. The molecule has 0 radical (unpaired) electrons. The topological polar surface area (TPSA) is 73.0 Å². The van der Waals surface area contributed by atoms with Gasteiger partial charge >= 0.3 is 0 Å². The average molecular weight is 543 g/mol. The summed E-state index contributed by atoms with van der Waals surface area (Å²) in [6.45, 7) is 2.67. The fourth-order valence-corrected chi connectivity index (χ4v) is 5.55. The lowest BCUT2D eigenvalue weighted by molar-refractivity contribution is -0.138. The zero-order valence-corrected chi connectivity index (χ0v) is 22.6. The van der Waals surface area contributed by atoms with E-state index in [1.165, 1.54) is 12.1 Å². The van der Waals surface area contributed by atoms with E-state index in [-0.39, 0.29) is 35.7 Å². The summed E-state index contributed by atoms with van der Waals surface area (Å²) >= 11 is 0. The van der Waals surface area contributed by atoms with E-state index in [1.54, 1.807) is 21.9 Å². The molecule has 0 unspecified atom stereocenters. The second-order valence-electron chi connectivity index (χ2n) is 10.5. The van der Waals surface area contributed by atoms with E-state index in [1.807, 2.05) is 54.6 Å². The maximum Gasteiger partial charge on any atom is 0.256 e. The lowest BCUT2D eigenvalue weighted by Crippen LogP contribution is -2.49. The van der Waals surface area contributed by atoms with Crippen LogP contribution < -0.4 is 10.2 Å². The van der Waals surface area contributed by atoms with Crippen molar-refractivity contribution >= 4 is 29.1 Å². The Morgan fingerprint density at radius 3 is 2.15 bits per heavy atom. The molecular formula is C32H35FN4O3. The molecule has 0 aromatic heterocycles. The van der Waals surface area contributed by atoms with Crippen molar-refractivity contribution in [3.8, 4) is 0 Å². The maximum atomic E-state index is 14.0. The molecule has 2 aliphatic rings.